The van der Waals surface area contributed by atoms with Gasteiger partial charge in [0.15, 0.2) is 0 Å². The number of hydrogen-bond donors (Lipinski definition) is 1. The van der Waals surface area contributed by atoms with Crippen LogP contribution in [0.4, 0.5) is 0 Å². The van der Waals surface area contributed by atoms with Crippen LogP contribution in [0.1, 0.15) is 24.1 Å². The Labute approximate surface area is 104 Å². The molecule has 0 aliphatic carbocycles. The van der Waals surface area contributed by atoms with E-state index in [0.717, 1.165) is 19.7 Å². The Bertz CT molecular complexity index is 265. The molecule has 0 aliphatic heterocycles. The number of ether oxygens (including phenoxy) is 1. The van der Waals surface area contributed by atoms with Crippen molar-refractivity contribution < 1.29 is 4.74 Å². The first-order valence-corrected chi connectivity index (χ1v) is 6.87. The van der Waals surface area contributed by atoms with Crippen molar-refractivity contribution in [3.05, 3.63) is 20.8 Å². The minimum atomic E-state index is 0.887. The molecule has 4 heteroatoms. The van der Waals surface area contributed by atoms with Crippen LogP contribution in [0.25, 0.3) is 0 Å². The molecule has 0 aromatic carbocycles. The Hall–Kier alpha value is 0.1000. The molecular weight excluding hydrogens is 274 g/mol. The van der Waals surface area contributed by atoms with E-state index < -0.39 is 0 Å². The molecule has 1 N–H and O–H groups in total. The molecule has 86 valence electrons. The molecule has 0 atom stereocenters. The Morgan fingerprint density at radius 2 is 2.20 bits per heavy atom. The maximum Gasteiger partial charge on any atom is 0.0701 e. The van der Waals surface area contributed by atoms with E-state index in [0.29, 0.717) is 0 Å². The summed E-state index contributed by atoms with van der Waals surface area (Å²) in [6.45, 7) is 2.97. The van der Waals surface area contributed by atoms with Crippen molar-refractivity contribution in [3.63, 3.8) is 0 Å². The second kappa shape index (κ2) is 8.28. The molecule has 0 spiro atoms. The van der Waals surface area contributed by atoms with Crippen molar-refractivity contribution in [2.24, 2.45) is 0 Å². The molecule has 0 saturated carbocycles. The molecule has 1 aromatic rings. The van der Waals surface area contributed by atoms with Gasteiger partial charge in [-0.25, -0.2) is 0 Å². The average molecular weight is 292 g/mol. The minimum Gasteiger partial charge on any atom is -0.385 e. The average Bonchev–Trinajstić information content (AvgIpc) is 2.63. The molecule has 0 saturated heterocycles. The monoisotopic (exact) mass is 291 g/mol. The van der Waals surface area contributed by atoms with Gasteiger partial charge in [0, 0.05) is 25.1 Å². The van der Waals surface area contributed by atoms with Gasteiger partial charge in [-0.1, -0.05) is 0 Å². The van der Waals surface area contributed by atoms with Crippen molar-refractivity contribution in [1.29, 1.82) is 0 Å². The zero-order chi connectivity index (χ0) is 10.9. The van der Waals surface area contributed by atoms with Crippen LogP contribution >= 0.6 is 27.3 Å². The quantitative estimate of drug-likeness (QED) is 0.741. The van der Waals surface area contributed by atoms with Gasteiger partial charge in [-0.3, -0.25) is 0 Å². The third-order valence-electron chi connectivity index (χ3n) is 2.13. The highest BCUT2D eigenvalue weighted by Crippen LogP contribution is 2.21. The van der Waals surface area contributed by atoms with E-state index in [1.807, 2.05) is 0 Å². The summed E-state index contributed by atoms with van der Waals surface area (Å²) in [5.74, 6) is 0. The number of methoxy groups -OCH3 is 1. The highest BCUT2D eigenvalue weighted by molar-refractivity contribution is 9.11. The van der Waals surface area contributed by atoms with Gasteiger partial charge < -0.3 is 10.1 Å². The predicted octanol–water partition coefficient (Wildman–Crippen LogP) is 3.42. The van der Waals surface area contributed by atoms with Gasteiger partial charge in [0.25, 0.3) is 0 Å². The number of nitrogens with one attached hydrogen (secondary N) is 1. The van der Waals surface area contributed by atoms with E-state index in [-0.39, 0.29) is 0 Å². The maximum atomic E-state index is 5.00. The van der Waals surface area contributed by atoms with Gasteiger partial charge in [0.2, 0.25) is 0 Å². The van der Waals surface area contributed by atoms with Gasteiger partial charge in [0.1, 0.15) is 0 Å². The van der Waals surface area contributed by atoms with Crippen LogP contribution < -0.4 is 5.32 Å². The van der Waals surface area contributed by atoms with E-state index >= 15 is 0 Å². The normalized spacial score (nSPS) is 10.8. The summed E-state index contributed by atoms with van der Waals surface area (Å²) >= 11 is 5.25. The fraction of sp³-hybridized carbons (Fsp3) is 0.636. The molecule has 0 aliphatic rings. The van der Waals surface area contributed by atoms with Gasteiger partial charge in [-0.2, -0.15) is 0 Å². The summed E-state index contributed by atoms with van der Waals surface area (Å²) in [5.41, 5.74) is 0. The van der Waals surface area contributed by atoms with Crippen LogP contribution in [0.5, 0.6) is 0 Å². The molecule has 0 radical (unpaired) electrons. The van der Waals surface area contributed by atoms with E-state index in [1.165, 1.54) is 27.9 Å². The van der Waals surface area contributed by atoms with Gasteiger partial charge in [0.05, 0.1) is 3.79 Å². The summed E-state index contributed by atoms with van der Waals surface area (Å²) in [6.07, 6.45) is 3.65. The van der Waals surface area contributed by atoms with Crippen LogP contribution in [0, 0.1) is 0 Å². The Kier molecular flexibility index (Phi) is 7.26. The first-order chi connectivity index (χ1) is 7.33. The van der Waals surface area contributed by atoms with Crippen LogP contribution in [0.15, 0.2) is 15.9 Å². The fourth-order valence-electron chi connectivity index (χ4n) is 1.33. The molecule has 1 rings (SSSR count). The van der Waals surface area contributed by atoms with Crippen molar-refractivity contribution in [3.8, 4) is 0 Å². The molecule has 0 unspecified atom stereocenters. The van der Waals surface area contributed by atoms with Crippen LogP contribution in [0.3, 0.4) is 0 Å². The SMILES string of the molecule is COCCCCCNCc1ccc(Br)s1. The lowest BCUT2D eigenvalue weighted by molar-refractivity contribution is 0.192. The first-order valence-electron chi connectivity index (χ1n) is 5.27. The van der Waals surface area contributed by atoms with Crippen LogP contribution in [-0.4, -0.2) is 20.3 Å². The number of hydrogen-bond acceptors (Lipinski definition) is 3. The van der Waals surface area contributed by atoms with E-state index in [1.54, 1.807) is 18.4 Å². The lowest BCUT2D eigenvalue weighted by Gasteiger charge is -2.02. The van der Waals surface area contributed by atoms with E-state index in [2.05, 4.69) is 33.4 Å². The minimum absolute atomic E-state index is 0.887. The molecule has 0 fully saturated rings. The number of unbranched alkanes of at least 4 members (excludes halogenated alkanes) is 2. The van der Waals surface area contributed by atoms with Crippen molar-refractivity contribution in [2.45, 2.75) is 25.8 Å². The fourth-order valence-corrected chi connectivity index (χ4v) is 2.78. The van der Waals surface area contributed by atoms with Gasteiger partial charge in [-0.05, 0) is 53.9 Å². The summed E-state index contributed by atoms with van der Waals surface area (Å²) in [5, 5.41) is 3.44. The third-order valence-corrected chi connectivity index (χ3v) is 3.75. The zero-order valence-corrected chi connectivity index (χ0v) is 11.5. The first kappa shape index (κ1) is 13.2. The maximum absolute atomic E-state index is 5.00. The largest absolute Gasteiger partial charge is 0.385 e. The Morgan fingerprint density at radius 1 is 1.33 bits per heavy atom. The molecule has 1 heterocycles. The number of thiophene rings is 1. The van der Waals surface area contributed by atoms with Crippen molar-refractivity contribution in [2.75, 3.05) is 20.3 Å². The van der Waals surface area contributed by atoms with Crippen molar-refractivity contribution in [1.82, 2.24) is 5.32 Å². The molecule has 0 amide bonds. The lowest BCUT2D eigenvalue weighted by Crippen LogP contribution is -2.13. The highest BCUT2D eigenvalue weighted by Gasteiger charge is 1.96. The van der Waals surface area contributed by atoms with Crippen LogP contribution in [-0.2, 0) is 11.3 Å². The summed E-state index contributed by atoms with van der Waals surface area (Å²) in [6, 6.07) is 4.26. The summed E-state index contributed by atoms with van der Waals surface area (Å²) in [7, 11) is 1.76. The molecular formula is C11H18BrNOS. The summed E-state index contributed by atoms with van der Waals surface area (Å²) < 4.78 is 6.20. The second-order valence-corrected chi connectivity index (χ2v) is 5.98. The molecule has 15 heavy (non-hydrogen) atoms. The number of rotatable bonds is 8. The van der Waals surface area contributed by atoms with Crippen LogP contribution in [0.2, 0.25) is 0 Å². The van der Waals surface area contributed by atoms with Crippen molar-refractivity contribution >= 4 is 27.3 Å². The zero-order valence-electron chi connectivity index (χ0n) is 9.09. The standard InChI is InChI=1S/C11H18BrNOS/c1-14-8-4-2-3-7-13-9-10-5-6-11(12)15-10/h5-6,13H,2-4,7-9H2,1H3. The predicted molar refractivity (Wildman–Crippen MR) is 69.5 cm³/mol. The van der Waals surface area contributed by atoms with E-state index in [9.17, 15) is 0 Å². The van der Waals surface area contributed by atoms with Gasteiger partial charge in [-0.15, -0.1) is 11.3 Å². The molecule has 2 nitrogen and oxygen atoms in total. The second-order valence-electron chi connectivity index (χ2n) is 3.44. The summed E-state index contributed by atoms with van der Waals surface area (Å²) in [4.78, 5) is 1.39. The van der Waals surface area contributed by atoms with Gasteiger partial charge >= 0.3 is 0 Å². The Balaban J connectivity index is 1.93. The topological polar surface area (TPSA) is 21.3 Å². The molecule has 1 aromatic heterocycles. The highest BCUT2D eigenvalue weighted by atomic mass is 79.9. The Morgan fingerprint density at radius 3 is 2.87 bits per heavy atom. The van der Waals surface area contributed by atoms with E-state index in [4.69, 9.17) is 4.74 Å². The number of halogens is 1. The molecule has 0 bridgehead atoms. The lowest BCUT2D eigenvalue weighted by atomic mass is 10.2. The third kappa shape index (κ3) is 6.30. The smallest absolute Gasteiger partial charge is 0.0701 e.